The molecule has 3 aromatic carbocycles. The molecule has 25 heavy (non-hydrogen) atoms. The van der Waals surface area contributed by atoms with Crippen molar-refractivity contribution in [3.8, 4) is 0 Å². The second-order valence-corrected chi connectivity index (χ2v) is 7.34. The first-order chi connectivity index (χ1) is 12.3. The summed E-state index contributed by atoms with van der Waals surface area (Å²) < 4.78 is 0. The zero-order chi connectivity index (χ0) is 16.9. The fourth-order valence-electron chi connectivity index (χ4n) is 5.11. The van der Waals surface area contributed by atoms with E-state index < -0.39 is 0 Å². The number of benzene rings is 3. The van der Waals surface area contributed by atoms with Crippen molar-refractivity contribution in [2.24, 2.45) is 5.92 Å². The molecule has 4 atom stereocenters. The van der Waals surface area contributed by atoms with Crippen LogP contribution < -0.4 is 0 Å². The van der Waals surface area contributed by atoms with Gasteiger partial charge >= 0.3 is 0 Å². The maximum absolute atomic E-state index is 13.3. The molecule has 0 N–H and O–H groups in total. The lowest BCUT2D eigenvalue weighted by Crippen LogP contribution is -2.14. The Labute approximate surface area is 148 Å². The molecule has 0 heterocycles. The highest BCUT2D eigenvalue weighted by molar-refractivity contribution is 5.98. The van der Waals surface area contributed by atoms with Gasteiger partial charge in [0.15, 0.2) is 0 Å². The first-order valence-corrected chi connectivity index (χ1v) is 9.01. The smallest absolute Gasteiger partial charge is 0.144 e. The Balaban J connectivity index is 1.60. The lowest BCUT2D eigenvalue weighted by Gasteiger charge is -2.20. The van der Waals surface area contributed by atoms with E-state index in [-0.39, 0.29) is 17.3 Å². The molecule has 2 aliphatic carbocycles. The van der Waals surface area contributed by atoms with Gasteiger partial charge in [-0.15, -0.1) is 0 Å². The van der Waals surface area contributed by atoms with Crippen LogP contribution in [0.4, 0.5) is 0 Å². The molecule has 0 bridgehead atoms. The van der Waals surface area contributed by atoms with E-state index >= 15 is 0 Å². The topological polar surface area (TPSA) is 17.1 Å². The Hall–Kier alpha value is -2.67. The zero-order valence-electron chi connectivity index (χ0n) is 14.0. The number of hydrogen-bond donors (Lipinski definition) is 0. The zero-order valence-corrected chi connectivity index (χ0v) is 14.0. The van der Waals surface area contributed by atoms with Crippen LogP contribution >= 0.6 is 0 Å². The molecule has 2 fully saturated rings. The molecule has 5 rings (SSSR count). The van der Waals surface area contributed by atoms with Crippen LogP contribution in [-0.4, -0.2) is 5.78 Å². The molecular weight excluding hydrogens is 304 g/mol. The molecule has 0 amide bonds. The molecule has 3 aromatic rings. The molecule has 0 unspecified atom stereocenters. The van der Waals surface area contributed by atoms with Crippen molar-refractivity contribution >= 4 is 5.78 Å². The summed E-state index contributed by atoms with van der Waals surface area (Å²) in [5.74, 6) is 0.890. The molecule has 0 spiro atoms. The summed E-state index contributed by atoms with van der Waals surface area (Å²) in [7, 11) is 0. The summed E-state index contributed by atoms with van der Waals surface area (Å²) >= 11 is 0. The van der Waals surface area contributed by atoms with Gasteiger partial charge in [0.05, 0.1) is 0 Å². The highest BCUT2D eigenvalue weighted by Gasteiger charge is 2.74. The summed E-state index contributed by atoms with van der Waals surface area (Å²) in [4.78, 5) is 13.3. The summed E-state index contributed by atoms with van der Waals surface area (Å²) in [5.41, 5.74) is 3.76. The van der Waals surface area contributed by atoms with E-state index in [2.05, 4.69) is 66.7 Å². The van der Waals surface area contributed by atoms with E-state index in [1.807, 2.05) is 24.3 Å². The van der Waals surface area contributed by atoms with Crippen LogP contribution in [0.5, 0.6) is 0 Å². The average Bonchev–Trinajstić information content (AvgIpc) is 3.28. The lowest BCUT2D eigenvalue weighted by molar-refractivity contribution is -0.120. The first-order valence-electron chi connectivity index (χ1n) is 9.01. The van der Waals surface area contributed by atoms with E-state index in [1.54, 1.807) is 0 Å². The summed E-state index contributed by atoms with van der Waals surface area (Å²) in [5, 5.41) is 0. The minimum atomic E-state index is -0.0276. The van der Waals surface area contributed by atoms with Gasteiger partial charge in [0, 0.05) is 23.2 Å². The van der Waals surface area contributed by atoms with Gasteiger partial charge in [-0.1, -0.05) is 91.0 Å². The van der Waals surface area contributed by atoms with Crippen LogP contribution in [0.1, 0.15) is 34.9 Å². The predicted molar refractivity (Wildman–Crippen MR) is 99.6 cm³/mol. The Morgan fingerprint density at radius 3 is 1.76 bits per heavy atom. The molecule has 2 saturated carbocycles. The molecular formula is C24H20O. The summed E-state index contributed by atoms with van der Waals surface area (Å²) in [6.07, 6.45) is 0.921. The van der Waals surface area contributed by atoms with Gasteiger partial charge in [-0.3, -0.25) is 4.79 Å². The van der Waals surface area contributed by atoms with E-state index in [9.17, 15) is 4.79 Å². The monoisotopic (exact) mass is 324 g/mol. The van der Waals surface area contributed by atoms with Crippen LogP contribution in [0, 0.1) is 5.92 Å². The molecule has 0 aliphatic heterocycles. The van der Waals surface area contributed by atoms with Gasteiger partial charge in [0.1, 0.15) is 5.78 Å². The molecule has 0 saturated heterocycles. The third-order valence-electron chi connectivity index (χ3n) is 6.20. The van der Waals surface area contributed by atoms with Crippen molar-refractivity contribution in [1.29, 1.82) is 0 Å². The normalized spacial score (nSPS) is 30.1. The quantitative estimate of drug-likeness (QED) is 0.655. The number of carbonyl (C=O) groups is 1. The number of hydrogen-bond acceptors (Lipinski definition) is 1. The van der Waals surface area contributed by atoms with Gasteiger partial charge in [-0.05, 0) is 23.1 Å². The average molecular weight is 324 g/mol. The van der Waals surface area contributed by atoms with E-state index in [0.29, 0.717) is 11.7 Å². The molecule has 0 radical (unpaired) electrons. The van der Waals surface area contributed by atoms with E-state index in [1.165, 1.54) is 16.7 Å². The van der Waals surface area contributed by atoms with Crippen LogP contribution in [0.25, 0.3) is 0 Å². The molecule has 122 valence electrons. The predicted octanol–water partition coefficient (Wildman–Crippen LogP) is 5.09. The number of fused-ring (bicyclic) bond motifs is 1. The highest BCUT2D eigenvalue weighted by Crippen LogP contribution is 2.74. The Bertz CT molecular complexity index is 901. The van der Waals surface area contributed by atoms with Crippen molar-refractivity contribution < 1.29 is 4.79 Å². The van der Waals surface area contributed by atoms with E-state index in [4.69, 9.17) is 0 Å². The largest absolute Gasteiger partial charge is 0.299 e. The second kappa shape index (κ2) is 5.42. The standard InChI is InChI=1S/C24H20O/c25-23-20(17-10-4-1-5-11-17)16-24(19-14-8-3-9-15-19)21(22(23)24)18-12-6-2-7-13-18/h1-15,20-22H,16H2/t20-,21+,22+,24-/m0/s1. The fourth-order valence-corrected chi connectivity index (χ4v) is 5.11. The lowest BCUT2D eigenvalue weighted by atomic mass is 9.82. The molecule has 1 heteroatoms. The summed E-state index contributed by atoms with van der Waals surface area (Å²) in [6.45, 7) is 0. The van der Waals surface area contributed by atoms with Crippen molar-refractivity contribution in [3.05, 3.63) is 108 Å². The number of carbonyl (C=O) groups excluding carboxylic acids is 1. The fraction of sp³-hybridized carbons (Fsp3) is 0.208. The molecule has 2 aliphatic rings. The van der Waals surface area contributed by atoms with Crippen LogP contribution in [0.15, 0.2) is 91.0 Å². The highest BCUT2D eigenvalue weighted by atomic mass is 16.1. The van der Waals surface area contributed by atoms with Crippen molar-refractivity contribution in [2.45, 2.75) is 23.7 Å². The maximum Gasteiger partial charge on any atom is 0.144 e. The van der Waals surface area contributed by atoms with E-state index in [0.717, 1.165) is 6.42 Å². The number of rotatable bonds is 3. The van der Waals surface area contributed by atoms with Gasteiger partial charge in [-0.2, -0.15) is 0 Å². The van der Waals surface area contributed by atoms with Crippen molar-refractivity contribution in [3.63, 3.8) is 0 Å². The number of Topliss-reactive ketones (excluding diaryl/α,β-unsaturated/α-hetero) is 1. The summed E-state index contributed by atoms with van der Waals surface area (Å²) in [6, 6.07) is 31.5. The van der Waals surface area contributed by atoms with Crippen molar-refractivity contribution in [1.82, 2.24) is 0 Å². The number of ketones is 1. The molecule has 0 aromatic heterocycles. The van der Waals surface area contributed by atoms with Gasteiger partial charge < -0.3 is 0 Å². The first kappa shape index (κ1) is 14.7. The van der Waals surface area contributed by atoms with Gasteiger partial charge in [0.2, 0.25) is 0 Å². The third-order valence-corrected chi connectivity index (χ3v) is 6.20. The van der Waals surface area contributed by atoms with Crippen molar-refractivity contribution in [2.75, 3.05) is 0 Å². The third kappa shape index (κ3) is 2.05. The SMILES string of the molecule is O=C1[C@H](c2ccccc2)C[C@]2(c3ccccc3)[C@H](c3ccccc3)[C@H]12. The van der Waals surface area contributed by atoms with Gasteiger partial charge in [0.25, 0.3) is 0 Å². The second-order valence-electron chi connectivity index (χ2n) is 7.34. The van der Waals surface area contributed by atoms with Gasteiger partial charge in [-0.25, -0.2) is 0 Å². The van der Waals surface area contributed by atoms with Crippen LogP contribution in [0.3, 0.4) is 0 Å². The molecule has 1 nitrogen and oxygen atoms in total. The maximum atomic E-state index is 13.3. The Morgan fingerprint density at radius 2 is 1.16 bits per heavy atom. The Kier molecular flexibility index (Phi) is 3.18. The van der Waals surface area contributed by atoms with Crippen LogP contribution in [0.2, 0.25) is 0 Å². The minimum Gasteiger partial charge on any atom is -0.299 e. The minimum absolute atomic E-state index is 0.0276. The Morgan fingerprint density at radius 1 is 0.640 bits per heavy atom. The van der Waals surface area contributed by atoms with Crippen LogP contribution in [-0.2, 0) is 10.2 Å².